The fourth-order valence-corrected chi connectivity index (χ4v) is 1.93. The number of anilines is 1. The number of amides is 1. The molecule has 0 aliphatic heterocycles. The predicted octanol–water partition coefficient (Wildman–Crippen LogP) is 2.96. The molecule has 0 unspecified atom stereocenters. The van der Waals surface area contributed by atoms with Crippen molar-refractivity contribution in [1.82, 2.24) is 4.98 Å². The molecule has 2 aromatic rings. The fourth-order valence-electron chi connectivity index (χ4n) is 1.93. The first kappa shape index (κ1) is 13.1. The van der Waals surface area contributed by atoms with E-state index in [1.807, 2.05) is 26.0 Å². The molecule has 98 valence electrons. The zero-order chi connectivity index (χ0) is 13.8. The summed E-state index contributed by atoms with van der Waals surface area (Å²) >= 11 is 0. The van der Waals surface area contributed by atoms with Gasteiger partial charge in [-0.2, -0.15) is 0 Å². The lowest BCUT2D eigenvalue weighted by molar-refractivity contribution is 0.102. The monoisotopic (exact) mass is 256 g/mol. The fraction of sp³-hybridized carbons (Fsp3) is 0.200. The Morgan fingerprint density at radius 3 is 2.74 bits per heavy atom. The van der Waals surface area contributed by atoms with Crippen molar-refractivity contribution in [1.29, 1.82) is 0 Å². The molecule has 1 amide bonds. The van der Waals surface area contributed by atoms with Gasteiger partial charge in [0.25, 0.3) is 5.91 Å². The van der Waals surface area contributed by atoms with E-state index in [0.29, 0.717) is 17.0 Å². The van der Waals surface area contributed by atoms with Crippen molar-refractivity contribution in [2.45, 2.75) is 13.8 Å². The molecule has 0 bridgehead atoms. The van der Waals surface area contributed by atoms with Crippen LogP contribution in [-0.2, 0) is 0 Å². The number of pyridine rings is 1. The summed E-state index contributed by atoms with van der Waals surface area (Å²) < 4.78 is 5.31. The molecule has 4 nitrogen and oxygen atoms in total. The number of nitrogens with zero attached hydrogens (tertiary/aromatic N) is 1. The van der Waals surface area contributed by atoms with Crippen LogP contribution in [0, 0.1) is 13.8 Å². The first-order chi connectivity index (χ1) is 9.11. The van der Waals surface area contributed by atoms with E-state index >= 15 is 0 Å². The Balaban J connectivity index is 2.31. The van der Waals surface area contributed by atoms with Gasteiger partial charge in [0.05, 0.1) is 18.4 Å². The minimum atomic E-state index is -0.196. The summed E-state index contributed by atoms with van der Waals surface area (Å²) in [6.45, 7) is 3.93. The molecule has 0 aliphatic carbocycles. The Labute approximate surface area is 112 Å². The van der Waals surface area contributed by atoms with E-state index in [4.69, 9.17) is 4.74 Å². The third kappa shape index (κ3) is 2.91. The van der Waals surface area contributed by atoms with Crippen LogP contribution in [0.2, 0.25) is 0 Å². The van der Waals surface area contributed by atoms with Crippen LogP contribution in [-0.4, -0.2) is 18.0 Å². The molecule has 0 atom stereocenters. The van der Waals surface area contributed by atoms with Gasteiger partial charge >= 0.3 is 0 Å². The van der Waals surface area contributed by atoms with Gasteiger partial charge in [0.15, 0.2) is 0 Å². The SMILES string of the molecule is COc1cc(C)cc(C)c1NC(=O)c1cccnc1. The molecule has 0 fully saturated rings. The Morgan fingerprint density at radius 1 is 1.32 bits per heavy atom. The molecule has 0 radical (unpaired) electrons. The maximum Gasteiger partial charge on any atom is 0.257 e. The third-order valence-electron chi connectivity index (χ3n) is 2.83. The van der Waals surface area contributed by atoms with Crippen LogP contribution in [0.15, 0.2) is 36.7 Å². The molecule has 2 rings (SSSR count). The molecule has 4 heteroatoms. The number of carbonyl (C=O) groups excluding carboxylic acids is 1. The number of hydrogen-bond donors (Lipinski definition) is 1. The maximum absolute atomic E-state index is 12.1. The lowest BCUT2D eigenvalue weighted by atomic mass is 10.1. The number of rotatable bonds is 3. The van der Waals surface area contributed by atoms with Gasteiger partial charge in [0.1, 0.15) is 5.75 Å². The molecule has 0 aliphatic rings. The van der Waals surface area contributed by atoms with Crippen LogP contribution in [0.5, 0.6) is 5.75 Å². The highest BCUT2D eigenvalue weighted by molar-refractivity contribution is 6.05. The largest absolute Gasteiger partial charge is 0.495 e. The number of carbonyl (C=O) groups is 1. The van der Waals surface area contributed by atoms with E-state index in [2.05, 4.69) is 10.3 Å². The molecule has 1 aromatic carbocycles. The summed E-state index contributed by atoms with van der Waals surface area (Å²) in [6.07, 6.45) is 3.17. The van der Waals surface area contributed by atoms with Gasteiger partial charge in [-0.15, -0.1) is 0 Å². The van der Waals surface area contributed by atoms with E-state index in [0.717, 1.165) is 11.1 Å². The van der Waals surface area contributed by atoms with Gasteiger partial charge in [-0.05, 0) is 43.2 Å². The van der Waals surface area contributed by atoms with Crippen molar-refractivity contribution in [3.8, 4) is 5.75 Å². The van der Waals surface area contributed by atoms with Crippen LogP contribution in [0.4, 0.5) is 5.69 Å². The standard InChI is InChI=1S/C15H16N2O2/c1-10-7-11(2)14(13(8-10)19-3)17-15(18)12-5-4-6-16-9-12/h4-9H,1-3H3,(H,17,18). The van der Waals surface area contributed by atoms with Gasteiger partial charge in [0, 0.05) is 12.4 Å². The summed E-state index contributed by atoms with van der Waals surface area (Å²) in [5, 5.41) is 2.87. The van der Waals surface area contributed by atoms with Gasteiger partial charge in [-0.3, -0.25) is 9.78 Å². The topological polar surface area (TPSA) is 51.2 Å². The van der Waals surface area contributed by atoms with E-state index in [9.17, 15) is 4.79 Å². The van der Waals surface area contributed by atoms with Crippen LogP contribution in [0.25, 0.3) is 0 Å². The minimum absolute atomic E-state index is 0.196. The number of hydrogen-bond acceptors (Lipinski definition) is 3. The molecule has 1 heterocycles. The highest BCUT2D eigenvalue weighted by Gasteiger charge is 2.12. The number of aryl methyl sites for hydroxylation is 2. The lowest BCUT2D eigenvalue weighted by Gasteiger charge is -2.14. The maximum atomic E-state index is 12.1. The Hall–Kier alpha value is -2.36. The van der Waals surface area contributed by atoms with E-state index < -0.39 is 0 Å². The van der Waals surface area contributed by atoms with Crippen LogP contribution in [0.3, 0.4) is 0 Å². The summed E-state index contributed by atoms with van der Waals surface area (Å²) in [7, 11) is 1.59. The average Bonchev–Trinajstić information content (AvgIpc) is 2.42. The van der Waals surface area contributed by atoms with Crippen molar-refractivity contribution in [2.24, 2.45) is 0 Å². The molecule has 0 saturated heterocycles. The normalized spacial score (nSPS) is 10.1. The van der Waals surface area contributed by atoms with Crippen molar-refractivity contribution < 1.29 is 9.53 Å². The van der Waals surface area contributed by atoms with Crippen LogP contribution in [0.1, 0.15) is 21.5 Å². The summed E-state index contributed by atoms with van der Waals surface area (Å²) in [5.41, 5.74) is 3.27. The first-order valence-electron chi connectivity index (χ1n) is 5.98. The minimum Gasteiger partial charge on any atom is -0.495 e. The number of methoxy groups -OCH3 is 1. The lowest BCUT2D eigenvalue weighted by Crippen LogP contribution is -2.14. The molecular weight excluding hydrogens is 240 g/mol. The summed E-state index contributed by atoms with van der Waals surface area (Å²) in [6, 6.07) is 7.35. The van der Waals surface area contributed by atoms with Gasteiger partial charge in [-0.25, -0.2) is 0 Å². The third-order valence-corrected chi connectivity index (χ3v) is 2.83. The number of ether oxygens (including phenoxy) is 1. The number of aromatic nitrogens is 1. The van der Waals surface area contributed by atoms with Crippen LogP contribution < -0.4 is 10.1 Å². The molecule has 1 aromatic heterocycles. The van der Waals surface area contributed by atoms with Crippen molar-refractivity contribution >= 4 is 11.6 Å². The highest BCUT2D eigenvalue weighted by Crippen LogP contribution is 2.30. The summed E-state index contributed by atoms with van der Waals surface area (Å²) in [5.74, 6) is 0.466. The quantitative estimate of drug-likeness (QED) is 0.918. The first-order valence-corrected chi connectivity index (χ1v) is 5.98. The van der Waals surface area contributed by atoms with Gasteiger partial charge in [-0.1, -0.05) is 6.07 Å². The Morgan fingerprint density at radius 2 is 2.11 bits per heavy atom. The smallest absolute Gasteiger partial charge is 0.257 e. The van der Waals surface area contributed by atoms with Crippen molar-refractivity contribution in [2.75, 3.05) is 12.4 Å². The predicted molar refractivity (Wildman–Crippen MR) is 74.7 cm³/mol. The summed E-state index contributed by atoms with van der Waals surface area (Å²) in [4.78, 5) is 16.0. The molecule has 0 spiro atoms. The van der Waals surface area contributed by atoms with Gasteiger partial charge in [0.2, 0.25) is 0 Å². The molecular formula is C15H16N2O2. The van der Waals surface area contributed by atoms with Crippen molar-refractivity contribution in [3.63, 3.8) is 0 Å². The van der Waals surface area contributed by atoms with Crippen LogP contribution >= 0.6 is 0 Å². The molecule has 1 N–H and O–H groups in total. The molecule has 19 heavy (non-hydrogen) atoms. The second-order valence-corrected chi connectivity index (χ2v) is 4.35. The zero-order valence-electron chi connectivity index (χ0n) is 11.2. The Kier molecular flexibility index (Phi) is 3.80. The van der Waals surface area contributed by atoms with E-state index in [-0.39, 0.29) is 5.91 Å². The van der Waals surface area contributed by atoms with E-state index in [1.165, 1.54) is 6.20 Å². The Bertz CT molecular complexity index is 595. The zero-order valence-corrected chi connectivity index (χ0v) is 11.2. The number of benzene rings is 1. The highest BCUT2D eigenvalue weighted by atomic mass is 16.5. The molecule has 0 saturated carbocycles. The second kappa shape index (κ2) is 5.52. The van der Waals surface area contributed by atoms with E-state index in [1.54, 1.807) is 25.4 Å². The van der Waals surface area contributed by atoms with Gasteiger partial charge < -0.3 is 10.1 Å². The second-order valence-electron chi connectivity index (χ2n) is 4.35. The average molecular weight is 256 g/mol. The number of nitrogens with one attached hydrogen (secondary N) is 1. The van der Waals surface area contributed by atoms with Crippen molar-refractivity contribution in [3.05, 3.63) is 53.3 Å².